The van der Waals surface area contributed by atoms with Crippen LogP contribution in [0.15, 0.2) is 65.6 Å². The van der Waals surface area contributed by atoms with E-state index in [9.17, 15) is 13.2 Å². The number of nitrogens with zero attached hydrogens (tertiary/aromatic N) is 2. The molecule has 1 N–H and O–H groups in total. The van der Waals surface area contributed by atoms with Gasteiger partial charge in [-0.05, 0) is 55.8 Å². The number of carbonyl (C=O) groups excluding carboxylic acids is 1. The number of esters is 1. The summed E-state index contributed by atoms with van der Waals surface area (Å²) in [5.41, 5.74) is 1.13. The van der Waals surface area contributed by atoms with Crippen molar-refractivity contribution in [2.45, 2.75) is 56.0 Å². The summed E-state index contributed by atoms with van der Waals surface area (Å²) in [6.45, 7) is 5.10. The molecule has 1 heterocycles. The van der Waals surface area contributed by atoms with Gasteiger partial charge in [0, 0.05) is 26.7 Å². The summed E-state index contributed by atoms with van der Waals surface area (Å²) >= 11 is 0. The lowest BCUT2D eigenvalue weighted by Crippen LogP contribution is -2.52. The van der Waals surface area contributed by atoms with Crippen LogP contribution >= 0.6 is 12.4 Å². The summed E-state index contributed by atoms with van der Waals surface area (Å²) in [6, 6.07) is 18.7. The Labute approximate surface area is 229 Å². The van der Waals surface area contributed by atoms with Crippen molar-refractivity contribution in [3.05, 3.63) is 66.2 Å². The number of hydrogen-bond donors (Lipinski definition) is 1. The van der Waals surface area contributed by atoms with Crippen LogP contribution in [0.2, 0.25) is 0 Å². The van der Waals surface area contributed by atoms with Gasteiger partial charge in [-0.1, -0.05) is 61.9 Å². The highest BCUT2D eigenvalue weighted by Crippen LogP contribution is 2.27. The van der Waals surface area contributed by atoms with Gasteiger partial charge in [0.1, 0.15) is 0 Å². The molecule has 0 radical (unpaired) electrons. The number of nitrogens with one attached hydrogen (secondary N) is 1. The summed E-state index contributed by atoms with van der Waals surface area (Å²) in [5.74, 6) is -0.173. The molecule has 1 fully saturated rings. The third-order valence-corrected chi connectivity index (χ3v) is 8.96. The van der Waals surface area contributed by atoms with Crippen LogP contribution in [0.1, 0.15) is 50.5 Å². The first kappa shape index (κ1) is 31.2. The first-order chi connectivity index (χ1) is 17.4. The standard InChI is InChI=1S/C28H41N3O4S.ClH/c1-4-5-18-29-27-21-24(28(32)35-3)16-19-31(27)20-17-25(23-12-8-6-9-13-23)22-30(2)36(33,34)26-14-10-7-11-15-26;/h6-15,24-25,27,29H,4-5,16-22H2,1-3H3;1H/t24?,25-,27-;/m0./s1. The van der Waals surface area contributed by atoms with Gasteiger partial charge >= 0.3 is 5.97 Å². The molecule has 0 saturated carbocycles. The molecule has 1 aliphatic rings. The van der Waals surface area contributed by atoms with Gasteiger partial charge in [-0.25, -0.2) is 12.7 Å². The average Bonchev–Trinajstić information content (AvgIpc) is 2.91. The van der Waals surface area contributed by atoms with Crippen molar-refractivity contribution in [2.75, 3.05) is 40.3 Å². The molecule has 2 aromatic rings. The molecule has 1 aliphatic heterocycles. The Morgan fingerprint density at radius 2 is 1.78 bits per heavy atom. The number of benzene rings is 2. The minimum absolute atomic E-state index is 0. The number of halogens is 1. The summed E-state index contributed by atoms with van der Waals surface area (Å²) in [5, 5.41) is 3.64. The molecule has 0 bridgehead atoms. The number of likely N-dealkylation sites (tertiary alicyclic amines) is 1. The van der Waals surface area contributed by atoms with Crippen LogP contribution in [-0.2, 0) is 19.6 Å². The van der Waals surface area contributed by atoms with Gasteiger partial charge < -0.3 is 10.1 Å². The highest BCUT2D eigenvalue weighted by Gasteiger charge is 2.33. The predicted octanol–water partition coefficient (Wildman–Crippen LogP) is 4.50. The minimum Gasteiger partial charge on any atom is -0.469 e. The summed E-state index contributed by atoms with van der Waals surface area (Å²) < 4.78 is 32.9. The number of ether oxygens (including phenoxy) is 1. The van der Waals surface area contributed by atoms with Crippen molar-refractivity contribution in [2.24, 2.45) is 5.92 Å². The minimum atomic E-state index is -3.57. The lowest BCUT2D eigenvalue weighted by Gasteiger charge is -2.40. The van der Waals surface area contributed by atoms with Crippen molar-refractivity contribution in [1.29, 1.82) is 0 Å². The van der Waals surface area contributed by atoms with Crippen molar-refractivity contribution in [3.8, 4) is 0 Å². The molecule has 2 aromatic carbocycles. The Kier molecular flexibility index (Phi) is 13.0. The fourth-order valence-electron chi connectivity index (χ4n) is 4.91. The number of hydrogen-bond acceptors (Lipinski definition) is 6. The first-order valence-corrected chi connectivity index (χ1v) is 14.4. The molecule has 0 aromatic heterocycles. The monoisotopic (exact) mass is 551 g/mol. The molecular weight excluding hydrogens is 510 g/mol. The number of methoxy groups -OCH3 is 1. The van der Waals surface area contributed by atoms with Crippen LogP contribution in [0, 0.1) is 5.92 Å². The third-order valence-electron chi connectivity index (χ3n) is 7.12. The van der Waals surface area contributed by atoms with E-state index >= 15 is 0 Å². The molecule has 9 heteroatoms. The second kappa shape index (κ2) is 15.4. The Hall–Kier alpha value is -1.97. The number of sulfonamides is 1. The summed E-state index contributed by atoms with van der Waals surface area (Å²) in [7, 11) is -0.456. The zero-order valence-corrected chi connectivity index (χ0v) is 23.8. The fraction of sp³-hybridized carbons (Fsp3) is 0.536. The van der Waals surface area contributed by atoms with E-state index in [1.54, 1.807) is 31.3 Å². The van der Waals surface area contributed by atoms with Crippen LogP contribution in [0.25, 0.3) is 0 Å². The van der Waals surface area contributed by atoms with Gasteiger partial charge in [0.05, 0.1) is 24.1 Å². The molecule has 206 valence electrons. The zero-order chi connectivity index (χ0) is 26.0. The van der Waals surface area contributed by atoms with E-state index in [1.165, 1.54) is 11.4 Å². The molecule has 3 rings (SSSR count). The average molecular weight is 552 g/mol. The summed E-state index contributed by atoms with van der Waals surface area (Å²) in [4.78, 5) is 14.9. The van der Waals surface area contributed by atoms with E-state index < -0.39 is 10.0 Å². The van der Waals surface area contributed by atoms with Gasteiger partial charge in [-0.2, -0.15) is 0 Å². The van der Waals surface area contributed by atoms with Gasteiger partial charge in [0.15, 0.2) is 0 Å². The molecule has 0 aliphatic carbocycles. The lowest BCUT2D eigenvalue weighted by molar-refractivity contribution is -0.148. The van der Waals surface area contributed by atoms with Crippen molar-refractivity contribution in [3.63, 3.8) is 0 Å². The highest BCUT2D eigenvalue weighted by atomic mass is 35.5. The van der Waals surface area contributed by atoms with Crippen LogP contribution in [0.4, 0.5) is 0 Å². The number of piperidine rings is 1. The molecule has 1 unspecified atom stereocenters. The van der Waals surface area contributed by atoms with Crippen molar-refractivity contribution >= 4 is 28.4 Å². The number of carbonyl (C=O) groups is 1. The van der Waals surface area contributed by atoms with Crippen molar-refractivity contribution in [1.82, 2.24) is 14.5 Å². The maximum atomic E-state index is 13.2. The van der Waals surface area contributed by atoms with Gasteiger partial charge in [0.25, 0.3) is 0 Å². The Morgan fingerprint density at radius 3 is 2.41 bits per heavy atom. The maximum Gasteiger partial charge on any atom is 0.308 e. The number of likely N-dealkylation sites (N-methyl/N-ethyl adjacent to an activating group) is 1. The molecule has 7 nitrogen and oxygen atoms in total. The molecule has 0 spiro atoms. The second-order valence-corrected chi connectivity index (χ2v) is 11.6. The smallest absolute Gasteiger partial charge is 0.308 e. The van der Waals surface area contributed by atoms with Crippen LogP contribution < -0.4 is 5.32 Å². The Bertz CT molecular complexity index is 1040. The number of rotatable bonds is 13. The Balaban J connectivity index is 0.00000481. The second-order valence-electron chi connectivity index (χ2n) is 9.60. The fourth-order valence-corrected chi connectivity index (χ4v) is 6.15. The van der Waals surface area contributed by atoms with Crippen LogP contribution in [0.3, 0.4) is 0 Å². The zero-order valence-electron chi connectivity index (χ0n) is 22.2. The van der Waals surface area contributed by atoms with E-state index in [1.807, 2.05) is 24.3 Å². The molecular formula is C28H42ClN3O4S. The van der Waals surface area contributed by atoms with Crippen molar-refractivity contribution < 1.29 is 17.9 Å². The van der Waals surface area contributed by atoms with E-state index in [0.717, 1.165) is 57.3 Å². The van der Waals surface area contributed by atoms with Crippen LogP contribution in [-0.4, -0.2) is 70.1 Å². The molecule has 1 saturated heterocycles. The molecule has 37 heavy (non-hydrogen) atoms. The third kappa shape index (κ3) is 8.79. The quantitative estimate of drug-likeness (QED) is 0.292. The van der Waals surface area contributed by atoms with E-state index in [4.69, 9.17) is 4.74 Å². The van der Waals surface area contributed by atoms with Gasteiger partial charge in [-0.15, -0.1) is 12.4 Å². The van der Waals surface area contributed by atoms with E-state index in [2.05, 4.69) is 29.3 Å². The highest BCUT2D eigenvalue weighted by molar-refractivity contribution is 7.89. The van der Waals surface area contributed by atoms with E-state index in [0.29, 0.717) is 11.4 Å². The predicted molar refractivity (Wildman–Crippen MR) is 150 cm³/mol. The SMILES string of the molecule is CCCCN[C@@H]1CC(C(=O)OC)CCN1CC[C@@H](CN(C)S(=O)(=O)c1ccccc1)c1ccccc1.Cl. The van der Waals surface area contributed by atoms with Crippen LogP contribution in [0.5, 0.6) is 0 Å². The Morgan fingerprint density at radius 1 is 1.14 bits per heavy atom. The normalized spacial score (nSPS) is 19.2. The molecule has 3 atom stereocenters. The van der Waals surface area contributed by atoms with Gasteiger partial charge in [-0.3, -0.25) is 9.69 Å². The lowest BCUT2D eigenvalue weighted by atomic mass is 9.92. The topological polar surface area (TPSA) is 79.0 Å². The first-order valence-electron chi connectivity index (χ1n) is 13.0. The maximum absolute atomic E-state index is 13.2. The number of unbranched alkanes of at least 4 members (excludes halogenated alkanes) is 1. The largest absolute Gasteiger partial charge is 0.469 e. The molecule has 0 amide bonds. The van der Waals surface area contributed by atoms with E-state index in [-0.39, 0.29) is 36.4 Å². The summed E-state index contributed by atoms with van der Waals surface area (Å²) in [6.07, 6.45) is 4.62. The van der Waals surface area contributed by atoms with Gasteiger partial charge in [0.2, 0.25) is 10.0 Å².